The van der Waals surface area contributed by atoms with Gasteiger partial charge in [0.1, 0.15) is 0 Å². The molecule has 104 valence electrons. The Morgan fingerprint density at radius 1 is 1.17 bits per heavy atom. The van der Waals surface area contributed by atoms with Crippen molar-refractivity contribution in [3.8, 4) is 0 Å². The Morgan fingerprint density at radius 2 is 1.83 bits per heavy atom. The molecular weight excluding hydrogens is 226 g/mol. The van der Waals surface area contributed by atoms with Gasteiger partial charge in [-0.1, -0.05) is 19.8 Å². The van der Waals surface area contributed by atoms with E-state index in [9.17, 15) is 4.79 Å². The van der Waals surface area contributed by atoms with Crippen LogP contribution in [0, 0.1) is 5.92 Å². The maximum atomic E-state index is 12.0. The number of likely N-dealkylation sites (N-methyl/N-ethyl adjacent to an activating group) is 1. The number of hydrogen-bond donors (Lipinski definition) is 1. The van der Waals surface area contributed by atoms with Gasteiger partial charge in [0.25, 0.3) is 0 Å². The van der Waals surface area contributed by atoms with Crippen molar-refractivity contribution in [2.75, 3.05) is 39.8 Å². The van der Waals surface area contributed by atoms with Crippen molar-refractivity contribution in [1.29, 1.82) is 0 Å². The standard InChI is InChI=1S/C14H27N3O/c1-12-5-3-4-6-13(12)15-14(18)11-17-9-7-16(2)8-10-17/h12-13H,3-11H2,1-2H3,(H,15,18)/t12-,13-/m0/s1. The number of nitrogens with one attached hydrogen (secondary N) is 1. The highest BCUT2D eigenvalue weighted by Crippen LogP contribution is 2.23. The van der Waals surface area contributed by atoms with Crippen molar-refractivity contribution in [2.24, 2.45) is 5.92 Å². The van der Waals surface area contributed by atoms with Crippen molar-refractivity contribution < 1.29 is 4.79 Å². The number of nitrogens with zero attached hydrogens (tertiary/aromatic N) is 2. The van der Waals surface area contributed by atoms with Gasteiger partial charge in [0.15, 0.2) is 0 Å². The molecule has 0 bridgehead atoms. The van der Waals surface area contributed by atoms with E-state index in [2.05, 4.69) is 29.1 Å². The summed E-state index contributed by atoms with van der Waals surface area (Å²) in [6.45, 7) is 7.03. The second kappa shape index (κ2) is 6.53. The Labute approximate surface area is 111 Å². The van der Waals surface area contributed by atoms with E-state index in [1.165, 1.54) is 19.3 Å². The van der Waals surface area contributed by atoms with Crippen LogP contribution in [-0.4, -0.2) is 61.5 Å². The molecule has 1 saturated carbocycles. The van der Waals surface area contributed by atoms with E-state index in [1.807, 2.05) is 0 Å². The molecule has 4 nitrogen and oxygen atoms in total. The summed E-state index contributed by atoms with van der Waals surface area (Å²) in [7, 11) is 2.14. The summed E-state index contributed by atoms with van der Waals surface area (Å²) < 4.78 is 0. The molecular formula is C14H27N3O. The number of rotatable bonds is 3. The first-order valence-corrected chi connectivity index (χ1v) is 7.35. The highest BCUT2D eigenvalue weighted by molar-refractivity contribution is 5.78. The van der Waals surface area contributed by atoms with Crippen LogP contribution >= 0.6 is 0 Å². The number of piperazine rings is 1. The lowest BCUT2D eigenvalue weighted by atomic mass is 9.86. The maximum Gasteiger partial charge on any atom is 0.234 e. The Hall–Kier alpha value is -0.610. The molecule has 1 amide bonds. The Balaban J connectivity index is 1.71. The summed E-state index contributed by atoms with van der Waals surface area (Å²) in [5, 5.41) is 3.23. The monoisotopic (exact) mass is 253 g/mol. The molecule has 2 rings (SSSR count). The number of carbonyl (C=O) groups is 1. The first-order chi connectivity index (χ1) is 8.65. The van der Waals surface area contributed by atoms with Gasteiger partial charge in [-0.2, -0.15) is 0 Å². The molecule has 0 aromatic carbocycles. The van der Waals surface area contributed by atoms with Crippen LogP contribution in [0.15, 0.2) is 0 Å². The normalized spacial score (nSPS) is 31.2. The van der Waals surface area contributed by atoms with Crippen molar-refractivity contribution in [3.63, 3.8) is 0 Å². The van der Waals surface area contributed by atoms with Crippen LogP contribution in [-0.2, 0) is 4.79 Å². The van der Waals surface area contributed by atoms with Crippen LogP contribution in [0.1, 0.15) is 32.6 Å². The first kappa shape index (κ1) is 13.8. The minimum Gasteiger partial charge on any atom is -0.352 e. The largest absolute Gasteiger partial charge is 0.352 e. The molecule has 0 aromatic rings. The number of hydrogen-bond acceptors (Lipinski definition) is 3. The molecule has 1 aliphatic heterocycles. The lowest BCUT2D eigenvalue weighted by Crippen LogP contribution is -2.50. The zero-order valence-electron chi connectivity index (χ0n) is 11.8. The fraction of sp³-hybridized carbons (Fsp3) is 0.929. The molecule has 0 spiro atoms. The molecule has 1 saturated heterocycles. The summed E-state index contributed by atoms with van der Waals surface area (Å²) in [6, 6.07) is 0.415. The van der Waals surface area contributed by atoms with Gasteiger partial charge in [0.2, 0.25) is 5.91 Å². The smallest absolute Gasteiger partial charge is 0.234 e. The van der Waals surface area contributed by atoms with E-state index in [1.54, 1.807) is 0 Å². The Morgan fingerprint density at radius 3 is 2.50 bits per heavy atom. The van der Waals surface area contributed by atoms with Gasteiger partial charge in [-0.15, -0.1) is 0 Å². The highest BCUT2D eigenvalue weighted by atomic mass is 16.2. The van der Waals surface area contributed by atoms with E-state index in [4.69, 9.17) is 0 Å². The van der Waals surface area contributed by atoms with Crippen molar-refractivity contribution in [3.05, 3.63) is 0 Å². The SMILES string of the molecule is C[C@H]1CCCC[C@@H]1NC(=O)CN1CCN(C)CC1. The topological polar surface area (TPSA) is 35.6 Å². The number of carbonyl (C=O) groups excluding carboxylic acids is 1. The molecule has 1 N–H and O–H groups in total. The molecule has 4 heteroatoms. The van der Waals surface area contributed by atoms with Crippen LogP contribution in [0.4, 0.5) is 0 Å². The minimum atomic E-state index is 0.221. The zero-order valence-corrected chi connectivity index (χ0v) is 11.8. The lowest BCUT2D eigenvalue weighted by Gasteiger charge is -2.33. The molecule has 1 heterocycles. The predicted octanol–water partition coefficient (Wildman–Crippen LogP) is 0.929. The van der Waals surface area contributed by atoms with Crippen molar-refractivity contribution in [2.45, 2.75) is 38.6 Å². The van der Waals surface area contributed by atoms with E-state index < -0.39 is 0 Å². The van der Waals surface area contributed by atoms with Gasteiger partial charge >= 0.3 is 0 Å². The fourth-order valence-electron chi connectivity index (χ4n) is 2.99. The fourth-order valence-corrected chi connectivity index (χ4v) is 2.99. The summed E-state index contributed by atoms with van der Waals surface area (Å²) in [5.74, 6) is 0.869. The van der Waals surface area contributed by atoms with Gasteiger partial charge in [0, 0.05) is 32.2 Å². The molecule has 0 unspecified atom stereocenters. The third-order valence-electron chi connectivity index (χ3n) is 4.42. The van der Waals surface area contributed by atoms with Crippen LogP contribution in [0.25, 0.3) is 0 Å². The molecule has 18 heavy (non-hydrogen) atoms. The highest BCUT2D eigenvalue weighted by Gasteiger charge is 2.24. The van der Waals surface area contributed by atoms with Gasteiger partial charge in [-0.25, -0.2) is 0 Å². The summed E-state index contributed by atoms with van der Waals surface area (Å²) in [5.41, 5.74) is 0. The van der Waals surface area contributed by atoms with E-state index in [0.717, 1.165) is 32.6 Å². The second-order valence-corrected chi connectivity index (χ2v) is 6.02. The summed E-state index contributed by atoms with van der Waals surface area (Å²) in [4.78, 5) is 16.6. The quantitative estimate of drug-likeness (QED) is 0.813. The molecule has 0 aromatic heterocycles. The van der Waals surface area contributed by atoms with Gasteiger partial charge < -0.3 is 10.2 Å². The van der Waals surface area contributed by atoms with Crippen molar-refractivity contribution >= 4 is 5.91 Å². The zero-order chi connectivity index (χ0) is 13.0. The average molecular weight is 253 g/mol. The predicted molar refractivity (Wildman–Crippen MR) is 73.5 cm³/mol. The molecule has 0 radical (unpaired) electrons. The third-order valence-corrected chi connectivity index (χ3v) is 4.42. The van der Waals surface area contributed by atoms with Gasteiger partial charge in [-0.3, -0.25) is 9.69 Å². The van der Waals surface area contributed by atoms with Gasteiger partial charge in [-0.05, 0) is 25.8 Å². The average Bonchev–Trinajstić information content (AvgIpc) is 2.35. The Kier molecular flexibility index (Phi) is 5.01. The Bertz CT molecular complexity index is 274. The maximum absolute atomic E-state index is 12.0. The lowest BCUT2D eigenvalue weighted by molar-refractivity contribution is -0.123. The van der Waals surface area contributed by atoms with Crippen LogP contribution in [0.3, 0.4) is 0 Å². The van der Waals surface area contributed by atoms with E-state index >= 15 is 0 Å². The van der Waals surface area contributed by atoms with E-state index in [-0.39, 0.29) is 5.91 Å². The van der Waals surface area contributed by atoms with Crippen LogP contribution in [0.2, 0.25) is 0 Å². The summed E-state index contributed by atoms with van der Waals surface area (Å²) >= 11 is 0. The van der Waals surface area contributed by atoms with E-state index in [0.29, 0.717) is 18.5 Å². The molecule has 2 atom stereocenters. The molecule has 2 fully saturated rings. The minimum absolute atomic E-state index is 0.221. The van der Waals surface area contributed by atoms with Crippen LogP contribution < -0.4 is 5.32 Å². The van der Waals surface area contributed by atoms with Crippen molar-refractivity contribution in [1.82, 2.24) is 15.1 Å². The van der Waals surface area contributed by atoms with Gasteiger partial charge in [0.05, 0.1) is 6.54 Å². The second-order valence-electron chi connectivity index (χ2n) is 6.02. The molecule has 1 aliphatic carbocycles. The number of amides is 1. The first-order valence-electron chi connectivity index (χ1n) is 7.35. The molecule has 2 aliphatic rings. The van der Waals surface area contributed by atoms with Crippen LogP contribution in [0.5, 0.6) is 0 Å². The third kappa shape index (κ3) is 3.95. The summed E-state index contributed by atoms with van der Waals surface area (Å²) in [6.07, 6.45) is 5.02.